The Kier molecular flexibility index (Phi) is 5.34. The number of hydrogen-bond donors (Lipinski definition) is 1. The average molecular weight is 333 g/mol. The largest absolute Gasteiger partial charge is 0.345 e. The molecule has 23 heavy (non-hydrogen) atoms. The lowest BCUT2D eigenvalue weighted by atomic mass is 10.0. The summed E-state index contributed by atoms with van der Waals surface area (Å²) in [5.74, 6) is -0.364. The molecule has 5 nitrogen and oxygen atoms in total. The van der Waals surface area contributed by atoms with Crippen molar-refractivity contribution in [2.45, 2.75) is 26.3 Å². The first-order valence-corrected chi connectivity index (χ1v) is 7.61. The Hall–Kier alpha value is -2.40. The molecule has 1 atom stereocenters. The summed E-state index contributed by atoms with van der Waals surface area (Å²) in [6, 6.07) is 11.8. The van der Waals surface area contributed by atoms with Crippen LogP contribution < -0.4 is 5.32 Å². The first kappa shape index (κ1) is 17.0. The smallest absolute Gasteiger partial charge is 0.288 e. The van der Waals surface area contributed by atoms with Gasteiger partial charge in [-0.3, -0.25) is 14.9 Å². The van der Waals surface area contributed by atoms with Gasteiger partial charge < -0.3 is 5.32 Å². The summed E-state index contributed by atoms with van der Waals surface area (Å²) in [7, 11) is 0. The second kappa shape index (κ2) is 7.24. The molecule has 2 rings (SSSR count). The van der Waals surface area contributed by atoms with Crippen molar-refractivity contribution in [2.75, 3.05) is 0 Å². The van der Waals surface area contributed by atoms with Crippen LogP contribution in [0.4, 0.5) is 5.69 Å². The number of rotatable bonds is 5. The Bertz CT molecular complexity index is 729. The van der Waals surface area contributed by atoms with E-state index in [-0.39, 0.29) is 28.2 Å². The fraction of sp³-hybridized carbons (Fsp3) is 0.235. The molecule has 0 aliphatic rings. The first-order chi connectivity index (χ1) is 10.9. The molecule has 0 fully saturated rings. The average Bonchev–Trinajstić information content (AvgIpc) is 2.53. The lowest BCUT2D eigenvalue weighted by Gasteiger charge is -2.17. The van der Waals surface area contributed by atoms with E-state index in [1.54, 1.807) is 0 Å². The Labute approximate surface area is 139 Å². The zero-order valence-electron chi connectivity index (χ0n) is 12.9. The second-order valence-electron chi connectivity index (χ2n) is 5.27. The van der Waals surface area contributed by atoms with E-state index in [1.807, 2.05) is 38.1 Å². The second-order valence-corrected chi connectivity index (χ2v) is 5.68. The van der Waals surface area contributed by atoms with Crippen LogP contribution in [0.15, 0.2) is 42.5 Å². The van der Waals surface area contributed by atoms with E-state index >= 15 is 0 Å². The maximum Gasteiger partial charge on any atom is 0.288 e. The van der Waals surface area contributed by atoms with Gasteiger partial charge in [-0.15, -0.1) is 0 Å². The van der Waals surface area contributed by atoms with Gasteiger partial charge in [-0.25, -0.2) is 0 Å². The van der Waals surface area contributed by atoms with Crippen molar-refractivity contribution in [2.24, 2.45) is 0 Å². The van der Waals surface area contributed by atoms with E-state index in [0.29, 0.717) is 6.42 Å². The van der Waals surface area contributed by atoms with Gasteiger partial charge in [-0.05, 0) is 31.0 Å². The number of benzene rings is 2. The van der Waals surface area contributed by atoms with Crippen molar-refractivity contribution in [1.29, 1.82) is 0 Å². The fourth-order valence-electron chi connectivity index (χ4n) is 2.26. The summed E-state index contributed by atoms with van der Waals surface area (Å²) in [6.07, 6.45) is 0.713. The molecule has 0 bridgehead atoms. The summed E-state index contributed by atoms with van der Waals surface area (Å²) >= 11 is 5.77. The molecule has 2 aromatic rings. The summed E-state index contributed by atoms with van der Waals surface area (Å²) in [5.41, 5.74) is 2.08. The SMILES string of the molecule is CCC(NC(=O)c1ccc(Cl)c([N+](=O)[O-])c1)c1ccc(C)cc1. The number of carbonyl (C=O) groups is 1. The number of nitrogens with zero attached hydrogens (tertiary/aromatic N) is 1. The number of aryl methyl sites for hydroxylation is 1. The molecule has 0 radical (unpaired) electrons. The molecule has 0 aromatic heterocycles. The monoisotopic (exact) mass is 332 g/mol. The van der Waals surface area contributed by atoms with Gasteiger partial charge in [0.15, 0.2) is 0 Å². The van der Waals surface area contributed by atoms with Gasteiger partial charge in [0.2, 0.25) is 0 Å². The van der Waals surface area contributed by atoms with Crippen LogP contribution in [0.2, 0.25) is 5.02 Å². The van der Waals surface area contributed by atoms with Gasteiger partial charge in [-0.2, -0.15) is 0 Å². The Morgan fingerprint density at radius 1 is 1.26 bits per heavy atom. The summed E-state index contributed by atoms with van der Waals surface area (Å²) in [6.45, 7) is 3.96. The number of halogens is 1. The molecule has 1 unspecified atom stereocenters. The van der Waals surface area contributed by atoms with E-state index in [1.165, 1.54) is 18.2 Å². The van der Waals surface area contributed by atoms with Gasteiger partial charge in [-0.1, -0.05) is 48.4 Å². The van der Waals surface area contributed by atoms with Crippen LogP contribution >= 0.6 is 11.6 Å². The maximum atomic E-state index is 12.4. The van der Waals surface area contributed by atoms with Crippen molar-refractivity contribution in [1.82, 2.24) is 5.32 Å². The number of carbonyl (C=O) groups excluding carboxylic acids is 1. The van der Waals surface area contributed by atoms with Gasteiger partial charge in [0, 0.05) is 11.6 Å². The van der Waals surface area contributed by atoms with Gasteiger partial charge >= 0.3 is 0 Å². The van der Waals surface area contributed by atoms with Crippen LogP contribution in [0.5, 0.6) is 0 Å². The number of nitrogens with one attached hydrogen (secondary N) is 1. The molecule has 6 heteroatoms. The highest BCUT2D eigenvalue weighted by Crippen LogP contribution is 2.25. The third kappa shape index (κ3) is 4.07. The highest BCUT2D eigenvalue weighted by atomic mass is 35.5. The predicted molar refractivity (Wildman–Crippen MR) is 89.8 cm³/mol. The molecule has 0 aliphatic carbocycles. The number of amides is 1. The number of nitro benzene ring substituents is 1. The summed E-state index contributed by atoms with van der Waals surface area (Å²) < 4.78 is 0. The van der Waals surface area contributed by atoms with Crippen LogP contribution in [0.3, 0.4) is 0 Å². The minimum atomic E-state index is -0.601. The van der Waals surface area contributed by atoms with Crippen molar-refractivity contribution in [3.63, 3.8) is 0 Å². The summed E-state index contributed by atoms with van der Waals surface area (Å²) in [5, 5.41) is 13.8. The van der Waals surface area contributed by atoms with Crippen LogP contribution in [-0.2, 0) is 0 Å². The Morgan fingerprint density at radius 3 is 2.48 bits per heavy atom. The van der Waals surface area contributed by atoms with Gasteiger partial charge in [0.05, 0.1) is 11.0 Å². The Morgan fingerprint density at radius 2 is 1.91 bits per heavy atom. The zero-order valence-corrected chi connectivity index (χ0v) is 13.6. The molecule has 0 aliphatic heterocycles. The van der Waals surface area contributed by atoms with Crippen molar-refractivity contribution < 1.29 is 9.72 Å². The Balaban J connectivity index is 2.21. The summed E-state index contributed by atoms with van der Waals surface area (Å²) in [4.78, 5) is 22.7. The predicted octanol–water partition coefficient (Wildman–Crippen LogP) is 4.44. The van der Waals surface area contributed by atoms with Gasteiger partial charge in [0.25, 0.3) is 11.6 Å². The minimum absolute atomic E-state index is 0.0112. The van der Waals surface area contributed by atoms with Crippen LogP contribution in [0.25, 0.3) is 0 Å². The normalized spacial score (nSPS) is 11.8. The molecule has 1 N–H and O–H groups in total. The molecular weight excluding hydrogens is 316 g/mol. The molecule has 1 amide bonds. The van der Waals surface area contributed by atoms with E-state index in [0.717, 1.165) is 11.1 Å². The highest BCUT2D eigenvalue weighted by molar-refractivity contribution is 6.32. The maximum absolute atomic E-state index is 12.4. The molecule has 120 valence electrons. The van der Waals surface area contributed by atoms with E-state index in [9.17, 15) is 14.9 Å². The van der Waals surface area contributed by atoms with Crippen molar-refractivity contribution in [3.05, 3.63) is 74.3 Å². The van der Waals surface area contributed by atoms with E-state index in [2.05, 4.69) is 5.32 Å². The van der Waals surface area contributed by atoms with Crippen LogP contribution in [-0.4, -0.2) is 10.8 Å². The molecule has 0 spiro atoms. The van der Waals surface area contributed by atoms with Crippen molar-refractivity contribution >= 4 is 23.2 Å². The molecular formula is C17H17ClN2O3. The molecule has 2 aromatic carbocycles. The molecule has 0 saturated heterocycles. The molecule has 0 saturated carbocycles. The standard InChI is InChI=1S/C17H17ClN2O3/c1-3-15(12-6-4-11(2)5-7-12)19-17(21)13-8-9-14(18)16(10-13)20(22)23/h4-10,15H,3H2,1-2H3,(H,19,21). The zero-order chi connectivity index (χ0) is 17.0. The minimum Gasteiger partial charge on any atom is -0.345 e. The topological polar surface area (TPSA) is 72.2 Å². The fourth-order valence-corrected chi connectivity index (χ4v) is 2.44. The van der Waals surface area contributed by atoms with E-state index < -0.39 is 4.92 Å². The number of hydrogen-bond acceptors (Lipinski definition) is 3. The quantitative estimate of drug-likeness (QED) is 0.650. The molecule has 0 heterocycles. The van der Waals surface area contributed by atoms with Crippen LogP contribution in [0.1, 0.15) is 40.9 Å². The highest BCUT2D eigenvalue weighted by Gasteiger charge is 2.18. The van der Waals surface area contributed by atoms with Crippen LogP contribution in [0, 0.1) is 17.0 Å². The third-order valence-electron chi connectivity index (χ3n) is 3.60. The lowest BCUT2D eigenvalue weighted by Crippen LogP contribution is -2.28. The third-order valence-corrected chi connectivity index (χ3v) is 3.92. The number of nitro groups is 1. The lowest BCUT2D eigenvalue weighted by molar-refractivity contribution is -0.384. The van der Waals surface area contributed by atoms with Crippen molar-refractivity contribution in [3.8, 4) is 0 Å². The van der Waals surface area contributed by atoms with Gasteiger partial charge in [0.1, 0.15) is 5.02 Å². The van der Waals surface area contributed by atoms with E-state index in [4.69, 9.17) is 11.6 Å². The first-order valence-electron chi connectivity index (χ1n) is 7.23.